The van der Waals surface area contributed by atoms with Gasteiger partial charge in [0.05, 0.1) is 11.9 Å². The summed E-state index contributed by atoms with van der Waals surface area (Å²) in [4.78, 5) is 28.0. The first-order valence-electron chi connectivity index (χ1n) is 12.7. The SMILES string of the molecule is CCCCNC(=O)C(CC)N(Cc1ccccc1)C(=O)CCCN(c1cc(C)ccc1C)S(C)(=O)=O. The summed E-state index contributed by atoms with van der Waals surface area (Å²) in [7, 11) is -3.53. The van der Waals surface area contributed by atoms with Crippen molar-refractivity contribution in [3.63, 3.8) is 0 Å². The second-order valence-electron chi connectivity index (χ2n) is 9.30. The van der Waals surface area contributed by atoms with E-state index in [9.17, 15) is 18.0 Å². The van der Waals surface area contributed by atoms with Gasteiger partial charge < -0.3 is 10.2 Å². The number of nitrogens with zero attached hydrogens (tertiary/aromatic N) is 2. The Bertz CT molecular complexity index is 1100. The van der Waals surface area contributed by atoms with E-state index in [1.54, 1.807) is 4.90 Å². The van der Waals surface area contributed by atoms with Gasteiger partial charge in [-0.05, 0) is 55.9 Å². The largest absolute Gasteiger partial charge is 0.354 e. The maximum absolute atomic E-state index is 13.4. The molecule has 0 saturated heterocycles. The van der Waals surface area contributed by atoms with E-state index < -0.39 is 16.1 Å². The summed E-state index contributed by atoms with van der Waals surface area (Å²) in [6.07, 6.45) is 4.02. The molecule has 2 aromatic carbocycles. The summed E-state index contributed by atoms with van der Waals surface area (Å²) in [5, 5.41) is 2.96. The van der Waals surface area contributed by atoms with Gasteiger partial charge >= 0.3 is 0 Å². The van der Waals surface area contributed by atoms with Crippen LogP contribution in [0.25, 0.3) is 0 Å². The summed E-state index contributed by atoms with van der Waals surface area (Å²) in [6, 6.07) is 14.7. The van der Waals surface area contributed by atoms with Gasteiger partial charge in [-0.3, -0.25) is 13.9 Å². The van der Waals surface area contributed by atoms with Crippen LogP contribution in [-0.2, 0) is 26.2 Å². The summed E-state index contributed by atoms with van der Waals surface area (Å²) in [6.45, 7) is 8.86. The number of nitrogens with one attached hydrogen (secondary N) is 1. The Kier molecular flexibility index (Phi) is 11.4. The molecule has 0 bridgehead atoms. The van der Waals surface area contributed by atoms with Crippen LogP contribution in [0.4, 0.5) is 5.69 Å². The number of rotatable bonds is 14. The zero-order chi connectivity index (χ0) is 26.7. The molecule has 0 radical (unpaired) electrons. The zero-order valence-corrected chi connectivity index (χ0v) is 23.1. The number of sulfonamides is 1. The molecule has 2 aromatic rings. The molecule has 7 nitrogen and oxygen atoms in total. The van der Waals surface area contributed by atoms with Gasteiger partial charge in [-0.2, -0.15) is 0 Å². The van der Waals surface area contributed by atoms with Gasteiger partial charge in [0.2, 0.25) is 21.8 Å². The maximum Gasteiger partial charge on any atom is 0.242 e. The van der Waals surface area contributed by atoms with E-state index in [-0.39, 0.29) is 24.8 Å². The number of hydrogen-bond acceptors (Lipinski definition) is 4. The number of anilines is 1. The molecule has 36 heavy (non-hydrogen) atoms. The second-order valence-corrected chi connectivity index (χ2v) is 11.2. The van der Waals surface area contributed by atoms with Gasteiger partial charge in [0.25, 0.3) is 0 Å². The van der Waals surface area contributed by atoms with Gasteiger partial charge in [0.1, 0.15) is 6.04 Å². The predicted molar refractivity (Wildman–Crippen MR) is 146 cm³/mol. The van der Waals surface area contributed by atoms with Crippen LogP contribution in [0.5, 0.6) is 0 Å². The Morgan fingerprint density at radius 3 is 2.31 bits per heavy atom. The van der Waals surface area contributed by atoms with Crippen LogP contribution in [0.1, 0.15) is 62.6 Å². The molecule has 1 N–H and O–H groups in total. The van der Waals surface area contributed by atoms with E-state index in [4.69, 9.17) is 0 Å². The summed E-state index contributed by atoms with van der Waals surface area (Å²) >= 11 is 0. The van der Waals surface area contributed by atoms with Crippen LogP contribution in [0.3, 0.4) is 0 Å². The highest BCUT2D eigenvalue weighted by atomic mass is 32.2. The third-order valence-electron chi connectivity index (χ3n) is 6.20. The van der Waals surface area contributed by atoms with E-state index in [0.29, 0.717) is 31.6 Å². The van der Waals surface area contributed by atoms with Crippen LogP contribution in [-0.4, -0.2) is 50.5 Å². The molecular formula is C28H41N3O4S. The predicted octanol–water partition coefficient (Wildman–Crippen LogP) is 4.57. The third-order valence-corrected chi connectivity index (χ3v) is 7.38. The fraction of sp³-hybridized carbons (Fsp3) is 0.500. The van der Waals surface area contributed by atoms with Crippen LogP contribution in [0, 0.1) is 13.8 Å². The first-order valence-corrected chi connectivity index (χ1v) is 14.6. The number of benzene rings is 2. The molecule has 0 heterocycles. The summed E-state index contributed by atoms with van der Waals surface area (Å²) in [5.41, 5.74) is 3.40. The first-order chi connectivity index (χ1) is 17.1. The monoisotopic (exact) mass is 515 g/mol. The fourth-order valence-corrected chi connectivity index (χ4v) is 5.19. The van der Waals surface area contributed by atoms with Crippen LogP contribution < -0.4 is 9.62 Å². The Morgan fingerprint density at radius 2 is 1.69 bits per heavy atom. The molecule has 2 rings (SSSR count). The molecule has 0 saturated carbocycles. The standard InChI is InChI=1S/C28H41N3O4S/c1-6-8-18-29-28(33)25(7-2)30(21-24-13-10-9-11-14-24)27(32)15-12-19-31(36(5,34)35)26-20-22(3)16-17-23(26)4/h9-11,13-14,16-17,20,25H,6-8,12,15,18-19,21H2,1-5H3,(H,29,33). The normalized spacial score (nSPS) is 12.1. The average molecular weight is 516 g/mol. The smallest absolute Gasteiger partial charge is 0.242 e. The number of aryl methyl sites for hydroxylation is 2. The lowest BCUT2D eigenvalue weighted by molar-refractivity contribution is -0.141. The average Bonchev–Trinajstić information content (AvgIpc) is 2.83. The van der Waals surface area contributed by atoms with Gasteiger partial charge in [0, 0.05) is 26.1 Å². The Morgan fingerprint density at radius 1 is 1.00 bits per heavy atom. The quantitative estimate of drug-likeness (QED) is 0.373. The van der Waals surface area contributed by atoms with E-state index in [1.165, 1.54) is 10.6 Å². The van der Waals surface area contributed by atoms with Crippen molar-refractivity contribution < 1.29 is 18.0 Å². The maximum atomic E-state index is 13.4. The Labute approximate surface area is 216 Å². The molecule has 2 amide bonds. The topological polar surface area (TPSA) is 86.8 Å². The molecule has 0 aliphatic heterocycles. The van der Waals surface area contributed by atoms with Gasteiger partial charge in [0.15, 0.2) is 0 Å². The van der Waals surface area contributed by atoms with E-state index in [1.807, 2.05) is 69.3 Å². The molecule has 0 aliphatic carbocycles. The van der Waals surface area contributed by atoms with Crippen LogP contribution in [0.15, 0.2) is 48.5 Å². The van der Waals surface area contributed by atoms with Crippen LogP contribution >= 0.6 is 0 Å². The van der Waals surface area contributed by atoms with Gasteiger partial charge in [-0.25, -0.2) is 8.42 Å². The van der Waals surface area contributed by atoms with E-state index in [2.05, 4.69) is 12.2 Å². The van der Waals surface area contributed by atoms with Gasteiger partial charge in [-0.1, -0.05) is 62.7 Å². The minimum atomic E-state index is -3.53. The lowest BCUT2D eigenvalue weighted by atomic mass is 10.1. The van der Waals surface area contributed by atoms with Crippen molar-refractivity contribution >= 4 is 27.5 Å². The third kappa shape index (κ3) is 8.66. The number of carbonyl (C=O) groups is 2. The van der Waals surface area contributed by atoms with Crippen molar-refractivity contribution in [1.29, 1.82) is 0 Å². The summed E-state index contributed by atoms with van der Waals surface area (Å²) < 4.78 is 26.6. The molecule has 1 atom stereocenters. The Balaban J connectivity index is 2.20. The van der Waals surface area contributed by atoms with Crippen molar-refractivity contribution in [2.24, 2.45) is 0 Å². The molecule has 8 heteroatoms. The minimum Gasteiger partial charge on any atom is -0.354 e. The number of amides is 2. The molecule has 0 spiro atoms. The highest BCUT2D eigenvalue weighted by Crippen LogP contribution is 2.25. The van der Waals surface area contributed by atoms with Crippen molar-refractivity contribution in [2.45, 2.75) is 72.4 Å². The van der Waals surface area contributed by atoms with Crippen molar-refractivity contribution in [2.75, 3.05) is 23.7 Å². The molecular weight excluding hydrogens is 474 g/mol. The highest BCUT2D eigenvalue weighted by molar-refractivity contribution is 7.92. The number of carbonyl (C=O) groups excluding carboxylic acids is 2. The molecule has 0 aromatic heterocycles. The second kappa shape index (κ2) is 14.0. The van der Waals surface area contributed by atoms with E-state index >= 15 is 0 Å². The molecule has 198 valence electrons. The zero-order valence-electron chi connectivity index (χ0n) is 22.3. The molecule has 0 aliphatic rings. The highest BCUT2D eigenvalue weighted by Gasteiger charge is 2.28. The van der Waals surface area contributed by atoms with Gasteiger partial charge in [-0.15, -0.1) is 0 Å². The molecule has 0 fully saturated rings. The van der Waals surface area contributed by atoms with Crippen molar-refractivity contribution in [3.8, 4) is 0 Å². The number of unbranched alkanes of at least 4 members (excludes halogenated alkanes) is 1. The fourth-order valence-electron chi connectivity index (χ4n) is 4.18. The molecule has 1 unspecified atom stereocenters. The lowest BCUT2D eigenvalue weighted by Gasteiger charge is -2.31. The minimum absolute atomic E-state index is 0.141. The lowest BCUT2D eigenvalue weighted by Crippen LogP contribution is -2.49. The first kappa shape index (κ1) is 29.4. The van der Waals surface area contributed by atoms with Crippen LogP contribution in [0.2, 0.25) is 0 Å². The van der Waals surface area contributed by atoms with Crippen molar-refractivity contribution in [3.05, 3.63) is 65.2 Å². The van der Waals surface area contributed by atoms with E-state index in [0.717, 1.165) is 29.5 Å². The summed E-state index contributed by atoms with van der Waals surface area (Å²) in [5.74, 6) is -0.311. The number of hydrogen-bond donors (Lipinski definition) is 1. The van der Waals surface area contributed by atoms with Crippen molar-refractivity contribution in [1.82, 2.24) is 10.2 Å². The Hall–Kier alpha value is -2.87.